The van der Waals surface area contributed by atoms with Gasteiger partial charge < -0.3 is 14.9 Å². The van der Waals surface area contributed by atoms with Crippen LogP contribution < -0.4 is 5.11 Å². The van der Waals surface area contributed by atoms with Crippen molar-refractivity contribution in [3.63, 3.8) is 0 Å². The van der Waals surface area contributed by atoms with Crippen LogP contribution in [0.3, 0.4) is 0 Å². The van der Waals surface area contributed by atoms with Crippen molar-refractivity contribution in [3.05, 3.63) is 59.4 Å². The number of nitrogens with one attached hydrogen (secondary N) is 1. The first-order valence-corrected chi connectivity index (χ1v) is 9.16. The third-order valence-corrected chi connectivity index (χ3v) is 6.05. The normalized spacial score (nSPS) is 17.8. The van der Waals surface area contributed by atoms with E-state index in [-0.39, 0.29) is 16.5 Å². The number of hydrogen-bond donors (Lipinski definition) is 1. The van der Waals surface area contributed by atoms with Gasteiger partial charge in [0.2, 0.25) is 0 Å². The van der Waals surface area contributed by atoms with Crippen molar-refractivity contribution in [2.75, 3.05) is 0 Å². The lowest BCUT2D eigenvalue weighted by Gasteiger charge is -2.42. The van der Waals surface area contributed by atoms with Crippen molar-refractivity contribution >= 4 is 16.7 Å². The van der Waals surface area contributed by atoms with Crippen molar-refractivity contribution in [2.24, 2.45) is 0 Å². The van der Waals surface area contributed by atoms with Gasteiger partial charge in [-0.05, 0) is 68.8 Å². The highest BCUT2D eigenvalue weighted by Gasteiger charge is 2.37. The summed E-state index contributed by atoms with van der Waals surface area (Å²) in [6.07, 6.45) is 4.11. The molecule has 3 heteroatoms. The lowest BCUT2D eigenvalue weighted by molar-refractivity contribution is -0.255. The maximum absolute atomic E-state index is 11.0. The Balaban J connectivity index is 1.88. The minimum absolute atomic E-state index is 0.105. The number of H-pyrrole nitrogens is 1. The number of rotatable bonds is 2. The molecule has 1 aliphatic carbocycles. The quantitative estimate of drug-likeness (QED) is 0.740. The van der Waals surface area contributed by atoms with Crippen LogP contribution in [0.1, 0.15) is 62.2 Å². The van der Waals surface area contributed by atoms with Gasteiger partial charge >= 0.3 is 0 Å². The van der Waals surface area contributed by atoms with Gasteiger partial charge in [0.15, 0.2) is 0 Å². The van der Waals surface area contributed by atoms with Gasteiger partial charge in [0.25, 0.3) is 0 Å². The van der Waals surface area contributed by atoms with E-state index in [0.717, 1.165) is 11.1 Å². The van der Waals surface area contributed by atoms with Crippen LogP contribution in [0.2, 0.25) is 0 Å². The smallest absolute Gasteiger partial charge is 0.0878 e. The average molecular weight is 346 g/mol. The van der Waals surface area contributed by atoms with E-state index in [0.29, 0.717) is 0 Å². The van der Waals surface area contributed by atoms with Gasteiger partial charge in [-0.25, -0.2) is 0 Å². The van der Waals surface area contributed by atoms with Gasteiger partial charge in [0, 0.05) is 6.20 Å². The van der Waals surface area contributed by atoms with E-state index < -0.39 is 5.97 Å². The van der Waals surface area contributed by atoms with Gasteiger partial charge in [-0.2, -0.15) is 0 Å². The minimum Gasteiger partial charge on any atom is -0.543 e. The van der Waals surface area contributed by atoms with E-state index >= 15 is 0 Å². The van der Waals surface area contributed by atoms with Crippen molar-refractivity contribution < 1.29 is 9.90 Å². The molecule has 0 spiro atoms. The highest BCUT2D eigenvalue weighted by molar-refractivity contribution is 5.91. The first-order valence-electron chi connectivity index (χ1n) is 9.16. The molecule has 4 rings (SSSR count). The van der Waals surface area contributed by atoms with Crippen molar-refractivity contribution in [2.45, 2.75) is 51.4 Å². The van der Waals surface area contributed by atoms with Crippen LogP contribution in [0.5, 0.6) is 0 Å². The fourth-order valence-electron chi connectivity index (χ4n) is 4.17. The Bertz CT molecular complexity index is 1020. The third-order valence-electron chi connectivity index (χ3n) is 6.05. The SMILES string of the molecule is CC1(C)CCC(C)(C)c2cc3cc(-c4c[nH]c(C(=O)[O-])c4)ccc3cc21. The number of hydrogen-bond acceptors (Lipinski definition) is 2. The Morgan fingerprint density at radius 2 is 1.50 bits per heavy atom. The Morgan fingerprint density at radius 1 is 0.885 bits per heavy atom. The Labute approximate surface area is 154 Å². The van der Waals surface area contributed by atoms with Gasteiger partial charge in [-0.15, -0.1) is 0 Å². The predicted molar refractivity (Wildman–Crippen MR) is 103 cm³/mol. The first kappa shape index (κ1) is 16.9. The number of aromatic amines is 1. The number of benzene rings is 2. The Morgan fingerprint density at radius 3 is 2.08 bits per heavy atom. The Kier molecular flexibility index (Phi) is 3.56. The molecule has 1 aromatic heterocycles. The monoisotopic (exact) mass is 346 g/mol. The molecule has 1 heterocycles. The summed E-state index contributed by atoms with van der Waals surface area (Å²) in [5, 5.41) is 13.4. The second-order valence-electron chi connectivity index (χ2n) is 8.82. The van der Waals surface area contributed by atoms with Crippen LogP contribution in [-0.2, 0) is 10.8 Å². The molecule has 0 unspecified atom stereocenters. The lowest BCUT2D eigenvalue weighted by atomic mass is 9.63. The number of aromatic carboxylic acids is 1. The molecule has 0 radical (unpaired) electrons. The average Bonchev–Trinajstić information content (AvgIpc) is 3.08. The number of carbonyl (C=O) groups excluding carboxylic acids is 1. The summed E-state index contributed by atoms with van der Waals surface area (Å²) in [5.41, 5.74) is 5.23. The number of carboxylic acids is 1. The molecule has 1 N–H and O–H groups in total. The van der Waals surface area contributed by atoms with Gasteiger partial charge in [-0.1, -0.05) is 52.0 Å². The van der Waals surface area contributed by atoms with E-state index in [1.807, 2.05) is 0 Å². The number of carbonyl (C=O) groups is 1. The molecule has 134 valence electrons. The van der Waals surface area contributed by atoms with Crippen molar-refractivity contribution in [1.82, 2.24) is 4.98 Å². The van der Waals surface area contributed by atoms with Crippen LogP contribution in [0.25, 0.3) is 21.9 Å². The summed E-state index contributed by atoms with van der Waals surface area (Å²) in [7, 11) is 0. The standard InChI is InChI=1S/C23H25NO2/c1-22(2)7-8-23(3,4)19-11-16-9-14(5-6-15(16)10-18(19)22)17-12-20(21(25)26)24-13-17/h5-6,9-13,24H,7-8H2,1-4H3,(H,25,26)/p-1. The molecule has 0 aliphatic heterocycles. The van der Waals surface area contributed by atoms with Gasteiger partial charge in [-0.3, -0.25) is 0 Å². The Hall–Kier alpha value is -2.55. The van der Waals surface area contributed by atoms with Crippen LogP contribution in [-0.4, -0.2) is 11.0 Å². The second-order valence-corrected chi connectivity index (χ2v) is 8.82. The van der Waals surface area contributed by atoms with E-state index in [2.05, 4.69) is 63.0 Å². The van der Waals surface area contributed by atoms with E-state index in [9.17, 15) is 9.90 Å². The first-order chi connectivity index (χ1) is 12.2. The molecular formula is C23H24NO2-. The number of fused-ring (bicyclic) bond motifs is 2. The summed E-state index contributed by atoms with van der Waals surface area (Å²) in [4.78, 5) is 13.8. The topological polar surface area (TPSA) is 55.9 Å². The molecule has 0 saturated carbocycles. The summed E-state index contributed by atoms with van der Waals surface area (Å²) in [6, 6.07) is 12.6. The fourth-order valence-corrected chi connectivity index (χ4v) is 4.17. The molecule has 0 amide bonds. The zero-order valence-electron chi connectivity index (χ0n) is 15.8. The fraction of sp³-hybridized carbons (Fsp3) is 0.348. The summed E-state index contributed by atoms with van der Waals surface area (Å²) in [6.45, 7) is 9.33. The maximum atomic E-state index is 11.0. The molecule has 26 heavy (non-hydrogen) atoms. The highest BCUT2D eigenvalue weighted by atomic mass is 16.4. The molecule has 1 aliphatic rings. The molecule has 3 aromatic rings. The molecule has 0 fully saturated rings. The predicted octanol–water partition coefficient (Wildman–Crippen LogP) is 4.55. The summed E-state index contributed by atoms with van der Waals surface area (Å²) in [5.74, 6) is -1.19. The molecule has 3 nitrogen and oxygen atoms in total. The summed E-state index contributed by atoms with van der Waals surface area (Å²) < 4.78 is 0. The van der Waals surface area contributed by atoms with Crippen LogP contribution in [0.15, 0.2) is 42.6 Å². The van der Waals surface area contributed by atoms with Gasteiger partial charge in [0.05, 0.1) is 11.7 Å². The molecule has 0 atom stereocenters. The number of carboxylic acid groups (broad SMARTS) is 1. The lowest BCUT2D eigenvalue weighted by Crippen LogP contribution is -2.33. The minimum atomic E-state index is -1.19. The highest BCUT2D eigenvalue weighted by Crippen LogP contribution is 2.47. The van der Waals surface area contributed by atoms with Crippen LogP contribution in [0, 0.1) is 0 Å². The van der Waals surface area contributed by atoms with E-state index in [1.165, 1.54) is 34.7 Å². The van der Waals surface area contributed by atoms with Gasteiger partial charge in [0.1, 0.15) is 0 Å². The van der Waals surface area contributed by atoms with E-state index in [1.54, 1.807) is 12.3 Å². The van der Waals surface area contributed by atoms with Crippen molar-refractivity contribution in [3.8, 4) is 11.1 Å². The van der Waals surface area contributed by atoms with Crippen molar-refractivity contribution in [1.29, 1.82) is 0 Å². The van der Waals surface area contributed by atoms with Crippen LogP contribution >= 0.6 is 0 Å². The van der Waals surface area contributed by atoms with E-state index in [4.69, 9.17) is 0 Å². The molecule has 0 bridgehead atoms. The molecule has 0 saturated heterocycles. The third kappa shape index (κ3) is 2.63. The molecule has 2 aromatic carbocycles. The largest absolute Gasteiger partial charge is 0.543 e. The second kappa shape index (κ2) is 5.47. The zero-order chi connectivity index (χ0) is 18.7. The maximum Gasteiger partial charge on any atom is 0.0878 e. The molecular weight excluding hydrogens is 322 g/mol. The number of aromatic nitrogens is 1. The summed E-state index contributed by atoms with van der Waals surface area (Å²) >= 11 is 0. The van der Waals surface area contributed by atoms with Crippen LogP contribution in [0.4, 0.5) is 0 Å². The zero-order valence-corrected chi connectivity index (χ0v) is 15.8.